The molecule has 130 valence electrons. The number of rotatable bonds is 5. The molecule has 2 aromatic rings. The average molecular weight is 341 g/mol. The van der Waals surface area contributed by atoms with Crippen LogP contribution >= 0.6 is 0 Å². The molecule has 0 bridgehead atoms. The fourth-order valence-corrected chi connectivity index (χ4v) is 2.83. The van der Waals surface area contributed by atoms with Crippen molar-refractivity contribution < 1.29 is 14.0 Å². The van der Waals surface area contributed by atoms with Gasteiger partial charge in [0.2, 0.25) is 0 Å². The molecule has 5 nitrogen and oxygen atoms in total. The first-order valence-corrected chi connectivity index (χ1v) is 8.22. The predicted molar refractivity (Wildman–Crippen MR) is 92.3 cm³/mol. The molecule has 0 aliphatic carbocycles. The number of carbonyl (C=O) groups is 2. The smallest absolute Gasteiger partial charge is 0.324 e. The molecule has 1 fully saturated rings. The Labute approximate surface area is 145 Å². The van der Waals surface area contributed by atoms with Crippen LogP contribution in [0.25, 0.3) is 11.3 Å². The summed E-state index contributed by atoms with van der Waals surface area (Å²) in [7, 11) is 0. The molecule has 1 aromatic carbocycles. The second-order valence-electron chi connectivity index (χ2n) is 6.67. The molecule has 0 atom stereocenters. The van der Waals surface area contributed by atoms with Gasteiger partial charge in [-0.3, -0.25) is 14.7 Å². The van der Waals surface area contributed by atoms with Gasteiger partial charge in [0.15, 0.2) is 0 Å². The van der Waals surface area contributed by atoms with Crippen LogP contribution in [-0.2, 0) is 11.2 Å². The summed E-state index contributed by atoms with van der Waals surface area (Å²) < 4.78 is 13.0. The molecule has 2 heterocycles. The highest BCUT2D eigenvalue weighted by Gasteiger charge is 2.43. The fourth-order valence-electron chi connectivity index (χ4n) is 2.83. The number of benzene rings is 1. The minimum absolute atomic E-state index is 0.192. The second kappa shape index (κ2) is 6.63. The monoisotopic (exact) mass is 341 g/mol. The molecule has 1 aliphatic heterocycles. The van der Waals surface area contributed by atoms with E-state index in [0.29, 0.717) is 19.4 Å². The van der Waals surface area contributed by atoms with Gasteiger partial charge in [0.25, 0.3) is 5.91 Å². The van der Waals surface area contributed by atoms with Gasteiger partial charge >= 0.3 is 6.03 Å². The first kappa shape index (κ1) is 17.1. The second-order valence-corrected chi connectivity index (χ2v) is 6.67. The molecule has 6 heteroatoms. The van der Waals surface area contributed by atoms with Gasteiger partial charge in [0.05, 0.1) is 5.69 Å². The Morgan fingerprint density at radius 2 is 1.84 bits per heavy atom. The van der Waals surface area contributed by atoms with Crippen molar-refractivity contribution in [2.75, 3.05) is 6.54 Å². The van der Waals surface area contributed by atoms with Crippen molar-refractivity contribution in [1.82, 2.24) is 15.2 Å². The highest BCUT2D eigenvalue weighted by molar-refractivity contribution is 6.06. The lowest BCUT2D eigenvalue weighted by molar-refractivity contribution is -0.130. The number of halogens is 1. The summed E-state index contributed by atoms with van der Waals surface area (Å²) in [6.07, 6.45) is 3.16. The van der Waals surface area contributed by atoms with E-state index in [1.54, 1.807) is 32.2 Å². The average Bonchev–Trinajstić information content (AvgIpc) is 2.78. The fraction of sp³-hybridized carbons (Fsp3) is 0.316. The van der Waals surface area contributed by atoms with E-state index < -0.39 is 5.54 Å². The highest BCUT2D eigenvalue weighted by atomic mass is 19.1. The number of pyridine rings is 1. The number of carbonyl (C=O) groups excluding carboxylic acids is 2. The lowest BCUT2D eigenvalue weighted by Gasteiger charge is -2.15. The summed E-state index contributed by atoms with van der Waals surface area (Å²) in [5, 5.41) is 2.67. The number of urea groups is 1. The summed E-state index contributed by atoms with van der Waals surface area (Å²) in [5.74, 6) is -0.466. The number of imide groups is 1. The van der Waals surface area contributed by atoms with Crippen molar-refractivity contribution >= 4 is 11.9 Å². The third-order valence-electron chi connectivity index (χ3n) is 4.26. The van der Waals surface area contributed by atoms with Crippen molar-refractivity contribution in [3.63, 3.8) is 0 Å². The molecule has 0 unspecified atom stereocenters. The molecule has 1 aliphatic rings. The SMILES string of the molecule is CC1(C)NC(=O)N(CCCc2ccc(-c3ccc(F)cc3)nc2)C1=O. The number of nitrogens with one attached hydrogen (secondary N) is 1. The van der Waals surface area contributed by atoms with Crippen molar-refractivity contribution in [2.45, 2.75) is 32.2 Å². The van der Waals surface area contributed by atoms with Crippen molar-refractivity contribution in [3.05, 3.63) is 54.0 Å². The number of nitrogens with zero attached hydrogens (tertiary/aromatic N) is 2. The Balaban J connectivity index is 1.57. The van der Waals surface area contributed by atoms with Gasteiger partial charge in [-0.2, -0.15) is 0 Å². The van der Waals surface area contributed by atoms with E-state index in [1.165, 1.54) is 17.0 Å². The summed E-state index contributed by atoms with van der Waals surface area (Å²) >= 11 is 0. The number of aromatic nitrogens is 1. The van der Waals surface area contributed by atoms with Gasteiger partial charge in [-0.25, -0.2) is 9.18 Å². The molecule has 0 saturated carbocycles. The Morgan fingerprint density at radius 3 is 2.40 bits per heavy atom. The predicted octanol–water partition coefficient (Wildman–Crippen LogP) is 3.15. The normalized spacial score (nSPS) is 16.2. The van der Waals surface area contributed by atoms with Crippen LogP contribution in [0.15, 0.2) is 42.6 Å². The van der Waals surface area contributed by atoms with Crippen LogP contribution in [0, 0.1) is 5.82 Å². The molecular formula is C19H20FN3O2. The van der Waals surface area contributed by atoms with Gasteiger partial charge in [0, 0.05) is 18.3 Å². The van der Waals surface area contributed by atoms with Gasteiger partial charge in [-0.1, -0.05) is 6.07 Å². The maximum Gasteiger partial charge on any atom is 0.325 e. The quantitative estimate of drug-likeness (QED) is 0.850. The third-order valence-corrected chi connectivity index (χ3v) is 4.26. The zero-order chi connectivity index (χ0) is 18.0. The Morgan fingerprint density at radius 1 is 1.12 bits per heavy atom. The van der Waals surface area contributed by atoms with Crippen LogP contribution in [0.1, 0.15) is 25.8 Å². The molecule has 1 aromatic heterocycles. The van der Waals surface area contributed by atoms with Crippen LogP contribution in [0.3, 0.4) is 0 Å². The largest absolute Gasteiger partial charge is 0.325 e. The number of aryl methyl sites for hydroxylation is 1. The highest BCUT2D eigenvalue weighted by Crippen LogP contribution is 2.19. The zero-order valence-electron chi connectivity index (χ0n) is 14.3. The van der Waals surface area contributed by atoms with Crippen LogP contribution in [0.5, 0.6) is 0 Å². The summed E-state index contributed by atoms with van der Waals surface area (Å²) in [6.45, 7) is 3.78. The molecule has 3 amide bonds. The summed E-state index contributed by atoms with van der Waals surface area (Å²) in [4.78, 5) is 29.6. The van der Waals surface area contributed by atoms with Crippen molar-refractivity contribution in [2.24, 2.45) is 0 Å². The Kier molecular flexibility index (Phi) is 4.53. The van der Waals surface area contributed by atoms with E-state index in [1.807, 2.05) is 12.1 Å². The van der Waals surface area contributed by atoms with Crippen LogP contribution in [-0.4, -0.2) is 33.9 Å². The van der Waals surface area contributed by atoms with Crippen molar-refractivity contribution in [3.8, 4) is 11.3 Å². The zero-order valence-corrected chi connectivity index (χ0v) is 14.3. The van der Waals surface area contributed by atoms with Crippen LogP contribution in [0.4, 0.5) is 9.18 Å². The first-order chi connectivity index (χ1) is 11.9. The van der Waals surface area contributed by atoms with Gasteiger partial charge in [0.1, 0.15) is 11.4 Å². The Hall–Kier alpha value is -2.76. The topological polar surface area (TPSA) is 62.3 Å². The molecule has 1 saturated heterocycles. The van der Waals surface area contributed by atoms with Crippen molar-refractivity contribution in [1.29, 1.82) is 0 Å². The molecule has 25 heavy (non-hydrogen) atoms. The molecule has 1 N–H and O–H groups in total. The standard InChI is InChI=1S/C19H20FN3O2/c1-19(2)17(24)23(18(25)22-19)11-3-4-13-5-10-16(21-12-13)14-6-8-15(20)9-7-14/h5-10,12H,3-4,11H2,1-2H3,(H,22,25). The lowest BCUT2D eigenvalue weighted by Crippen LogP contribution is -2.40. The molecule has 0 radical (unpaired) electrons. The summed E-state index contributed by atoms with van der Waals surface area (Å²) in [6, 6.07) is 9.71. The van der Waals surface area contributed by atoms with E-state index in [-0.39, 0.29) is 17.8 Å². The number of amides is 3. The van der Waals surface area contributed by atoms with E-state index in [9.17, 15) is 14.0 Å². The minimum Gasteiger partial charge on any atom is -0.324 e. The molecule has 3 rings (SSSR count). The van der Waals surface area contributed by atoms with E-state index >= 15 is 0 Å². The van der Waals surface area contributed by atoms with Gasteiger partial charge in [-0.15, -0.1) is 0 Å². The minimum atomic E-state index is -0.824. The maximum absolute atomic E-state index is 13.0. The first-order valence-electron chi connectivity index (χ1n) is 8.22. The lowest BCUT2D eigenvalue weighted by atomic mass is 10.1. The maximum atomic E-state index is 13.0. The molecular weight excluding hydrogens is 321 g/mol. The number of hydrogen-bond donors (Lipinski definition) is 1. The third kappa shape index (κ3) is 3.68. The van der Waals surface area contributed by atoms with Gasteiger partial charge < -0.3 is 5.32 Å². The van der Waals surface area contributed by atoms with E-state index in [4.69, 9.17) is 0 Å². The number of hydrogen-bond acceptors (Lipinski definition) is 3. The Bertz CT molecular complexity index is 785. The molecule has 0 spiro atoms. The van der Waals surface area contributed by atoms with E-state index in [2.05, 4.69) is 10.3 Å². The van der Waals surface area contributed by atoms with Crippen LogP contribution in [0.2, 0.25) is 0 Å². The van der Waals surface area contributed by atoms with E-state index in [0.717, 1.165) is 16.8 Å². The summed E-state index contributed by atoms with van der Waals surface area (Å²) in [5.41, 5.74) is 1.83. The van der Waals surface area contributed by atoms with Gasteiger partial charge in [-0.05, 0) is 62.6 Å². The van der Waals surface area contributed by atoms with Crippen LogP contribution < -0.4 is 5.32 Å².